The number of pyridine rings is 1. The maximum absolute atomic E-state index is 4.59. The quantitative estimate of drug-likeness (QED) is 0.454. The first-order valence-corrected chi connectivity index (χ1v) is 8.20. The summed E-state index contributed by atoms with van der Waals surface area (Å²) in [4.78, 5) is 10.9. The van der Waals surface area contributed by atoms with Crippen LogP contribution in [-0.2, 0) is 6.54 Å². The van der Waals surface area contributed by atoms with Crippen LogP contribution in [0.15, 0.2) is 23.3 Å². The maximum atomic E-state index is 4.59. The smallest absolute Gasteiger partial charge is 0.191 e. The minimum absolute atomic E-state index is 0.651. The zero-order valence-corrected chi connectivity index (χ0v) is 13.6. The molecule has 0 fully saturated rings. The Morgan fingerprint density at radius 2 is 2.20 bits per heavy atom. The van der Waals surface area contributed by atoms with Gasteiger partial charge in [0.05, 0.1) is 6.54 Å². The Morgan fingerprint density at radius 3 is 2.85 bits per heavy atom. The predicted molar refractivity (Wildman–Crippen MR) is 89.8 cm³/mol. The molecule has 112 valence electrons. The average molecular weight is 295 g/mol. The molecule has 1 rings (SSSR count). The molecule has 0 aromatic carbocycles. The van der Waals surface area contributed by atoms with Gasteiger partial charge in [-0.1, -0.05) is 0 Å². The molecule has 5 nitrogen and oxygen atoms in total. The SMILES string of the molecule is CCNC(=NCc1ccnc(N(C)C)c1)NCCSC. The summed E-state index contributed by atoms with van der Waals surface area (Å²) in [5.74, 6) is 2.90. The molecule has 6 heteroatoms. The number of aliphatic imine (C=N–C) groups is 1. The molecule has 0 amide bonds. The third-order valence-electron chi connectivity index (χ3n) is 2.63. The van der Waals surface area contributed by atoms with Crippen molar-refractivity contribution in [1.29, 1.82) is 0 Å². The third-order valence-corrected chi connectivity index (χ3v) is 3.24. The molecule has 1 heterocycles. The molecule has 0 bridgehead atoms. The molecule has 20 heavy (non-hydrogen) atoms. The molecule has 1 aromatic rings. The summed E-state index contributed by atoms with van der Waals surface area (Å²) in [5, 5.41) is 6.57. The number of guanidine groups is 1. The Hall–Kier alpha value is -1.43. The number of anilines is 1. The van der Waals surface area contributed by atoms with Crippen molar-refractivity contribution in [2.24, 2.45) is 4.99 Å². The lowest BCUT2D eigenvalue weighted by Crippen LogP contribution is -2.38. The highest BCUT2D eigenvalue weighted by Gasteiger charge is 2.00. The van der Waals surface area contributed by atoms with E-state index in [4.69, 9.17) is 0 Å². The van der Waals surface area contributed by atoms with Crippen LogP contribution in [0.4, 0.5) is 5.82 Å². The molecule has 2 N–H and O–H groups in total. The van der Waals surface area contributed by atoms with Crippen LogP contribution in [-0.4, -0.2) is 50.1 Å². The van der Waals surface area contributed by atoms with Gasteiger partial charge in [-0.05, 0) is 30.9 Å². The molecule has 0 atom stereocenters. The van der Waals surface area contributed by atoms with Crippen LogP contribution in [0.25, 0.3) is 0 Å². The summed E-state index contributed by atoms with van der Waals surface area (Å²) in [6.45, 7) is 4.51. The van der Waals surface area contributed by atoms with Gasteiger partial charge in [0.25, 0.3) is 0 Å². The second kappa shape index (κ2) is 9.47. The minimum atomic E-state index is 0.651. The van der Waals surface area contributed by atoms with Crippen molar-refractivity contribution < 1.29 is 0 Å². The number of nitrogens with zero attached hydrogens (tertiary/aromatic N) is 3. The van der Waals surface area contributed by atoms with Crippen LogP contribution in [0.2, 0.25) is 0 Å². The lowest BCUT2D eigenvalue weighted by molar-refractivity contribution is 0.842. The molecule has 0 saturated carbocycles. The number of rotatable bonds is 7. The van der Waals surface area contributed by atoms with Gasteiger partial charge in [0.15, 0.2) is 5.96 Å². The van der Waals surface area contributed by atoms with Gasteiger partial charge < -0.3 is 15.5 Å². The number of thioether (sulfide) groups is 1. The van der Waals surface area contributed by atoms with Crippen molar-refractivity contribution in [3.63, 3.8) is 0 Å². The fraction of sp³-hybridized carbons (Fsp3) is 0.571. The zero-order valence-electron chi connectivity index (χ0n) is 12.8. The summed E-state index contributed by atoms with van der Waals surface area (Å²) >= 11 is 1.82. The third kappa shape index (κ3) is 6.14. The lowest BCUT2D eigenvalue weighted by atomic mass is 10.2. The van der Waals surface area contributed by atoms with Gasteiger partial charge in [0.2, 0.25) is 0 Å². The van der Waals surface area contributed by atoms with E-state index < -0.39 is 0 Å². The number of nitrogens with one attached hydrogen (secondary N) is 2. The van der Waals surface area contributed by atoms with Crippen molar-refractivity contribution in [3.05, 3.63) is 23.9 Å². The van der Waals surface area contributed by atoms with Crippen molar-refractivity contribution in [2.45, 2.75) is 13.5 Å². The standard InChI is InChI=1S/C14H25N5S/c1-5-15-14(17-8-9-20-4)18-11-12-6-7-16-13(10-12)19(2)3/h6-7,10H,5,8-9,11H2,1-4H3,(H2,15,17,18). The molecule has 0 aliphatic carbocycles. The van der Waals surface area contributed by atoms with Gasteiger partial charge in [-0.25, -0.2) is 9.98 Å². The van der Waals surface area contributed by atoms with E-state index in [0.717, 1.165) is 36.2 Å². The number of aromatic nitrogens is 1. The molecule has 1 aromatic heterocycles. The maximum Gasteiger partial charge on any atom is 0.191 e. The van der Waals surface area contributed by atoms with Gasteiger partial charge in [0, 0.05) is 39.1 Å². The fourth-order valence-electron chi connectivity index (χ4n) is 1.59. The molecular formula is C14H25N5S. The average Bonchev–Trinajstić information content (AvgIpc) is 2.45. The Balaban J connectivity index is 2.63. The van der Waals surface area contributed by atoms with Gasteiger partial charge in [0.1, 0.15) is 5.82 Å². The minimum Gasteiger partial charge on any atom is -0.363 e. The first kappa shape index (κ1) is 16.6. The summed E-state index contributed by atoms with van der Waals surface area (Å²) in [5.41, 5.74) is 1.16. The molecule has 0 radical (unpaired) electrons. The monoisotopic (exact) mass is 295 g/mol. The van der Waals surface area contributed by atoms with Crippen LogP contribution >= 0.6 is 11.8 Å². The predicted octanol–water partition coefficient (Wildman–Crippen LogP) is 1.57. The van der Waals surface area contributed by atoms with Gasteiger partial charge in [-0.15, -0.1) is 0 Å². The van der Waals surface area contributed by atoms with Crippen molar-refractivity contribution in [2.75, 3.05) is 44.1 Å². The van der Waals surface area contributed by atoms with E-state index >= 15 is 0 Å². The fourth-order valence-corrected chi connectivity index (χ4v) is 1.89. The largest absolute Gasteiger partial charge is 0.363 e. The first-order chi connectivity index (χ1) is 9.67. The van der Waals surface area contributed by atoms with Gasteiger partial charge in [-0.2, -0.15) is 11.8 Å². The molecule has 0 unspecified atom stereocenters. The van der Waals surface area contributed by atoms with Crippen molar-refractivity contribution in [3.8, 4) is 0 Å². The Labute approximate surface area is 126 Å². The summed E-state index contributed by atoms with van der Waals surface area (Å²) in [7, 11) is 3.98. The molecular weight excluding hydrogens is 270 g/mol. The first-order valence-electron chi connectivity index (χ1n) is 6.80. The van der Waals surface area contributed by atoms with E-state index in [-0.39, 0.29) is 0 Å². The van der Waals surface area contributed by atoms with Crippen LogP contribution in [0.5, 0.6) is 0 Å². The molecule has 0 saturated heterocycles. The van der Waals surface area contributed by atoms with E-state index in [9.17, 15) is 0 Å². The van der Waals surface area contributed by atoms with Crippen LogP contribution in [0.1, 0.15) is 12.5 Å². The van der Waals surface area contributed by atoms with E-state index in [1.165, 1.54) is 0 Å². The van der Waals surface area contributed by atoms with E-state index in [1.807, 2.05) is 43.0 Å². The number of hydrogen-bond donors (Lipinski definition) is 2. The van der Waals surface area contributed by atoms with Crippen LogP contribution in [0.3, 0.4) is 0 Å². The molecule has 0 spiro atoms. The van der Waals surface area contributed by atoms with E-state index in [1.54, 1.807) is 0 Å². The van der Waals surface area contributed by atoms with Gasteiger partial charge >= 0.3 is 0 Å². The number of hydrogen-bond acceptors (Lipinski definition) is 4. The topological polar surface area (TPSA) is 52.6 Å². The normalized spacial score (nSPS) is 11.3. The Kier molecular flexibility index (Phi) is 7.87. The molecule has 0 aliphatic rings. The Morgan fingerprint density at radius 1 is 1.40 bits per heavy atom. The highest BCUT2D eigenvalue weighted by molar-refractivity contribution is 7.98. The van der Waals surface area contributed by atoms with Crippen molar-refractivity contribution >= 4 is 23.5 Å². The lowest BCUT2D eigenvalue weighted by Gasteiger charge is -2.12. The van der Waals surface area contributed by atoms with E-state index in [0.29, 0.717) is 6.54 Å². The summed E-state index contributed by atoms with van der Waals surface area (Å²) in [6, 6.07) is 4.07. The second-order valence-corrected chi connectivity index (χ2v) is 5.52. The zero-order chi connectivity index (χ0) is 14.8. The van der Waals surface area contributed by atoms with Crippen LogP contribution in [0, 0.1) is 0 Å². The Bertz CT molecular complexity index is 420. The van der Waals surface area contributed by atoms with E-state index in [2.05, 4.69) is 39.9 Å². The highest BCUT2D eigenvalue weighted by atomic mass is 32.2. The molecule has 0 aliphatic heterocycles. The summed E-state index contributed by atoms with van der Waals surface area (Å²) in [6.07, 6.45) is 3.93. The summed E-state index contributed by atoms with van der Waals surface area (Å²) < 4.78 is 0. The highest BCUT2D eigenvalue weighted by Crippen LogP contribution is 2.10. The van der Waals surface area contributed by atoms with Crippen LogP contribution < -0.4 is 15.5 Å². The van der Waals surface area contributed by atoms with Crippen molar-refractivity contribution in [1.82, 2.24) is 15.6 Å². The second-order valence-electron chi connectivity index (χ2n) is 4.53. The van der Waals surface area contributed by atoms with Gasteiger partial charge in [-0.3, -0.25) is 0 Å².